The first-order chi connectivity index (χ1) is 30.4. The van der Waals surface area contributed by atoms with Crippen LogP contribution in [0.2, 0.25) is 0 Å². The molecule has 0 aromatic heterocycles. The van der Waals surface area contributed by atoms with Gasteiger partial charge in [-0.3, -0.25) is 4.99 Å². The zero-order valence-electron chi connectivity index (χ0n) is 49.6. The van der Waals surface area contributed by atoms with E-state index in [9.17, 15) is 0 Å². The third kappa shape index (κ3) is 156. The van der Waals surface area contributed by atoms with Crippen LogP contribution in [0.3, 0.4) is 0 Å². The molecule has 0 saturated carbocycles. The van der Waals surface area contributed by atoms with Crippen molar-refractivity contribution in [1.82, 2.24) is 0 Å². The second-order valence-corrected chi connectivity index (χ2v) is 12.8. The second-order valence-electron chi connectivity index (χ2n) is 12.8. The van der Waals surface area contributed by atoms with E-state index >= 15 is 0 Å². The Hall–Kier alpha value is -2.93. The van der Waals surface area contributed by atoms with Gasteiger partial charge in [0.2, 0.25) is 0 Å². The van der Waals surface area contributed by atoms with Gasteiger partial charge in [0.1, 0.15) is 0 Å². The maximum Gasteiger partial charge on any atom is 0.0217 e. The van der Waals surface area contributed by atoms with Crippen LogP contribution >= 0.6 is 0 Å². The highest BCUT2D eigenvalue weighted by atomic mass is 14.6. The van der Waals surface area contributed by atoms with Crippen molar-refractivity contribution in [2.24, 2.45) is 28.7 Å². The lowest BCUT2D eigenvalue weighted by Gasteiger charge is -2.16. The Morgan fingerprint density at radius 3 is 1.14 bits per heavy atom. The molecule has 0 aromatic carbocycles. The molecule has 0 heterocycles. The molecule has 0 radical (unpaired) electrons. The topological polar surface area (TPSA) is 12.4 Å². The Labute approximate surface area is 407 Å². The highest BCUT2D eigenvalue weighted by Crippen LogP contribution is 2.21. The summed E-state index contributed by atoms with van der Waals surface area (Å²) in [7, 11) is 0. The summed E-state index contributed by atoms with van der Waals surface area (Å²) in [6.07, 6.45) is 42.0. The van der Waals surface area contributed by atoms with E-state index in [1.54, 1.807) is 12.3 Å². The Kier molecular flexibility index (Phi) is 186. The average molecular weight is 889 g/mol. The third-order valence-electron chi connectivity index (χ3n) is 7.62. The highest BCUT2D eigenvalue weighted by molar-refractivity contribution is 5.25. The van der Waals surface area contributed by atoms with Gasteiger partial charge in [-0.25, -0.2) is 0 Å². The van der Waals surface area contributed by atoms with Gasteiger partial charge < -0.3 is 0 Å². The summed E-state index contributed by atoms with van der Waals surface area (Å²) in [5, 5.41) is 0. The smallest absolute Gasteiger partial charge is 0.0217 e. The predicted molar refractivity (Wildman–Crippen MR) is 316 cm³/mol. The monoisotopic (exact) mass is 888 g/mol. The predicted octanol–water partition coefficient (Wildman–Crippen LogP) is 24.2. The molecule has 0 bridgehead atoms. The van der Waals surface area contributed by atoms with E-state index in [1.165, 1.54) is 68.9 Å². The molecule has 0 spiro atoms. The molecule has 0 fully saturated rings. The molecule has 0 aliphatic rings. The number of allylic oxidation sites excluding steroid dienone is 16. The summed E-state index contributed by atoms with van der Waals surface area (Å²) in [6, 6.07) is 0. The molecule has 63 heavy (non-hydrogen) atoms. The normalized spacial score (nSPS) is 10.7. The summed E-state index contributed by atoms with van der Waals surface area (Å²) in [4.78, 5) is 3.42. The number of rotatable bonds is 17. The molecular formula is C62H129N. The van der Waals surface area contributed by atoms with Gasteiger partial charge in [-0.1, -0.05) is 286 Å². The third-order valence-corrected chi connectivity index (χ3v) is 7.62. The molecule has 0 N–H and O–H groups in total. The molecule has 0 aromatic rings. The van der Waals surface area contributed by atoms with Crippen molar-refractivity contribution in [2.45, 2.75) is 252 Å². The molecule has 2 atom stereocenters. The van der Waals surface area contributed by atoms with Gasteiger partial charge >= 0.3 is 0 Å². The van der Waals surface area contributed by atoms with Crippen molar-refractivity contribution >= 4 is 6.72 Å². The Morgan fingerprint density at radius 1 is 0.508 bits per heavy atom. The zero-order chi connectivity index (χ0) is 53.1. The summed E-state index contributed by atoms with van der Waals surface area (Å²) in [5.74, 6) is 3.80. The van der Waals surface area contributed by atoms with Crippen LogP contribution in [0.4, 0.5) is 0 Å². The lowest BCUT2D eigenvalue weighted by molar-refractivity contribution is 0.364. The van der Waals surface area contributed by atoms with Gasteiger partial charge in [-0.15, -0.1) is 13.2 Å². The van der Waals surface area contributed by atoms with E-state index in [0.29, 0.717) is 0 Å². The fourth-order valence-electron chi connectivity index (χ4n) is 4.22. The summed E-state index contributed by atoms with van der Waals surface area (Å²) in [6.45, 7) is 71.4. The molecule has 0 saturated heterocycles. The van der Waals surface area contributed by atoms with Gasteiger partial charge in [0.25, 0.3) is 0 Å². The van der Waals surface area contributed by atoms with Crippen molar-refractivity contribution in [1.29, 1.82) is 0 Å². The average Bonchev–Trinajstić information content (AvgIpc) is 3.35. The van der Waals surface area contributed by atoms with E-state index in [-0.39, 0.29) is 0 Å². The first-order valence-corrected chi connectivity index (χ1v) is 26.0. The largest absolute Gasteiger partial charge is 0.273 e. The maximum absolute atomic E-state index is 3.58. The molecule has 1 heteroatoms. The maximum atomic E-state index is 3.58. The fraction of sp³-hybridized carbons (Fsp3) is 0.661. The molecule has 382 valence electrons. The van der Waals surface area contributed by atoms with Crippen LogP contribution in [0.1, 0.15) is 252 Å². The van der Waals surface area contributed by atoms with Crippen LogP contribution in [0.25, 0.3) is 0 Å². The standard InChI is InChI=1S/C11H24.C10H22.C10H14.C7H12.C6H10.C4H7N.6C2H6.C2H4/c1-5-7-8-11(6-2)9-10(3)4;1-5-9(4)8-10(6-2)7-3;1-4-6-8-10(3)9-7-5-2;1-4-6-7(3)5-2;1-3-5-6-4-2;1-3-4-5-2;7*1-2/h10-11H,5-9H2,1-4H3;9-10H,5-8H2,1-4H3;4-9H,1H2,2-3H3;4-6H,1-3H3;3-6H,1-2H3;3-4H,2H2,1H3;6*1-2H3;1-2H2/b;;7-5+,8-6+,10-9+;6-4+,7-5-;5-3-,6-4+;4-3+;;;;;;;. The van der Waals surface area contributed by atoms with Gasteiger partial charge in [0.15, 0.2) is 0 Å². The van der Waals surface area contributed by atoms with Crippen LogP contribution in [0, 0.1) is 23.7 Å². The minimum atomic E-state index is 0.886. The van der Waals surface area contributed by atoms with Crippen molar-refractivity contribution in [3.63, 3.8) is 0 Å². The summed E-state index contributed by atoms with van der Waals surface area (Å²) in [5.41, 5.74) is 2.56. The second kappa shape index (κ2) is 124. The lowest BCUT2D eigenvalue weighted by atomic mass is 9.90. The molecule has 0 rings (SSSR count). The Balaban J connectivity index is -0.0000000414. The minimum Gasteiger partial charge on any atom is -0.273 e. The summed E-state index contributed by atoms with van der Waals surface area (Å²) >= 11 is 0. The van der Waals surface area contributed by atoms with Gasteiger partial charge in [0, 0.05) is 6.20 Å². The van der Waals surface area contributed by atoms with Gasteiger partial charge in [0.05, 0.1) is 0 Å². The van der Waals surface area contributed by atoms with E-state index in [0.717, 1.165) is 23.7 Å². The molecule has 0 aliphatic heterocycles. The molecular weight excluding hydrogens is 759 g/mol. The van der Waals surface area contributed by atoms with Gasteiger partial charge in [-0.05, 0) is 98.6 Å². The SMILES string of the molecule is C/C=C(C)\C=C\C.C/C=C\C=C\C.C=C.C=C/C=C/C(C)=C/C=C/C.C=N/C=C/C.CC.CC.CC.CC.CC.CC.CCC(C)CC(CC)CC.CCCCC(CC)CC(C)C. The number of hydrogen-bond donors (Lipinski definition) is 0. The van der Waals surface area contributed by atoms with Crippen molar-refractivity contribution in [3.8, 4) is 0 Å². The Bertz CT molecular complexity index is 870. The lowest BCUT2D eigenvalue weighted by Crippen LogP contribution is -2.03. The van der Waals surface area contributed by atoms with Crippen molar-refractivity contribution in [2.75, 3.05) is 0 Å². The van der Waals surface area contributed by atoms with E-state index in [1.807, 2.05) is 185 Å². The van der Waals surface area contributed by atoms with Crippen LogP contribution in [-0.2, 0) is 0 Å². The van der Waals surface area contributed by atoms with Crippen LogP contribution in [-0.4, -0.2) is 6.72 Å². The quantitative estimate of drug-likeness (QED) is 0.0784. The van der Waals surface area contributed by atoms with Crippen LogP contribution in [0.5, 0.6) is 0 Å². The first-order valence-electron chi connectivity index (χ1n) is 26.0. The highest BCUT2D eigenvalue weighted by Gasteiger charge is 2.08. The molecule has 2 unspecified atom stereocenters. The first kappa shape index (κ1) is 94.6. The zero-order valence-corrected chi connectivity index (χ0v) is 49.6. The minimum absolute atomic E-state index is 0.886. The number of hydrogen-bond acceptors (Lipinski definition) is 1. The van der Waals surface area contributed by atoms with E-state index < -0.39 is 0 Å². The number of aliphatic imine (C=N–C) groups is 1. The van der Waals surface area contributed by atoms with Crippen molar-refractivity contribution < 1.29 is 0 Å². The van der Waals surface area contributed by atoms with E-state index in [4.69, 9.17) is 0 Å². The number of unbranched alkanes of at least 4 members (excludes halogenated alkanes) is 1. The molecule has 0 aliphatic carbocycles. The van der Waals surface area contributed by atoms with Crippen molar-refractivity contribution in [3.05, 3.63) is 122 Å². The number of nitrogens with zero attached hydrogens (tertiary/aromatic N) is 1. The Morgan fingerprint density at radius 2 is 0.921 bits per heavy atom. The fourth-order valence-corrected chi connectivity index (χ4v) is 4.22. The van der Waals surface area contributed by atoms with Gasteiger partial charge in [-0.2, -0.15) is 0 Å². The summed E-state index contributed by atoms with van der Waals surface area (Å²) < 4.78 is 0. The van der Waals surface area contributed by atoms with E-state index in [2.05, 4.69) is 119 Å². The molecule has 0 amide bonds. The molecule has 1 nitrogen and oxygen atoms in total. The van der Waals surface area contributed by atoms with Crippen LogP contribution < -0.4 is 0 Å². The van der Waals surface area contributed by atoms with Crippen LogP contribution in [0.15, 0.2) is 127 Å².